The number of rotatable bonds is 2. The van der Waals surface area contributed by atoms with Gasteiger partial charge < -0.3 is 10.6 Å². The minimum absolute atomic E-state index is 0.118. The Labute approximate surface area is 125 Å². The quantitative estimate of drug-likeness (QED) is 0.920. The first-order valence-corrected chi connectivity index (χ1v) is 6.77. The van der Waals surface area contributed by atoms with E-state index in [-0.39, 0.29) is 16.5 Å². The first-order chi connectivity index (χ1) is 10.0. The van der Waals surface area contributed by atoms with E-state index >= 15 is 0 Å². The largest absolute Gasteiger partial charge is 0.365 e. The molecule has 0 bridgehead atoms. The Hall–Kier alpha value is -2.21. The molecule has 0 radical (unpaired) electrons. The highest BCUT2D eigenvalue weighted by molar-refractivity contribution is 6.29. The number of hydrogen-bond acceptors (Lipinski definition) is 4. The molecule has 0 saturated carbocycles. The molecule has 0 unspecified atom stereocenters. The monoisotopic (exact) mass is 306 g/mol. The van der Waals surface area contributed by atoms with E-state index in [1.165, 1.54) is 18.2 Å². The zero-order valence-electron chi connectivity index (χ0n) is 11.0. The molecule has 2 heterocycles. The van der Waals surface area contributed by atoms with E-state index in [1.54, 1.807) is 6.07 Å². The number of carbonyl (C=O) groups excluding carboxylic acids is 1. The lowest BCUT2D eigenvalue weighted by Crippen LogP contribution is -2.33. The van der Waals surface area contributed by atoms with Crippen LogP contribution in [0.25, 0.3) is 0 Å². The predicted molar refractivity (Wildman–Crippen MR) is 76.7 cm³/mol. The Bertz CT molecular complexity index is 722. The van der Waals surface area contributed by atoms with Crippen LogP contribution in [0.1, 0.15) is 21.5 Å². The molecule has 2 aromatic rings. The highest BCUT2D eigenvalue weighted by Crippen LogP contribution is 2.26. The number of halogens is 2. The molecule has 2 N–H and O–H groups in total. The summed E-state index contributed by atoms with van der Waals surface area (Å²) in [5.74, 6) is -0.445. The molecule has 0 spiro atoms. The first kappa shape index (κ1) is 13.8. The van der Waals surface area contributed by atoms with Crippen LogP contribution in [-0.4, -0.2) is 22.6 Å². The van der Waals surface area contributed by atoms with Crippen LogP contribution in [0.3, 0.4) is 0 Å². The summed E-state index contributed by atoms with van der Waals surface area (Å²) in [4.78, 5) is 13.4. The van der Waals surface area contributed by atoms with Gasteiger partial charge in [-0.15, -0.1) is 10.2 Å². The van der Waals surface area contributed by atoms with E-state index in [2.05, 4.69) is 10.2 Å². The third kappa shape index (κ3) is 2.67. The van der Waals surface area contributed by atoms with Crippen LogP contribution >= 0.6 is 11.6 Å². The van der Waals surface area contributed by atoms with Gasteiger partial charge in [-0.1, -0.05) is 17.7 Å². The molecule has 1 amide bonds. The van der Waals surface area contributed by atoms with Gasteiger partial charge in [0.05, 0.1) is 5.56 Å². The number of carbonyl (C=O) groups is 1. The third-order valence-electron chi connectivity index (χ3n) is 3.49. The van der Waals surface area contributed by atoms with Gasteiger partial charge in [0.1, 0.15) is 5.82 Å². The number of amides is 1. The third-order valence-corrected chi connectivity index (χ3v) is 3.67. The van der Waals surface area contributed by atoms with Gasteiger partial charge in [-0.05, 0) is 35.7 Å². The molecule has 5 nitrogen and oxygen atoms in total. The van der Waals surface area contributed by atoms with Crippen molar-refractivity contribution >= 4 is 23.3 Å². The van der Waals surface area contributed by atoms with Gasteiger partial charge in [-0.3, -0.25) is 4.79 Å². The smallest absolute Gasteiger partial charge is 0.252 e. The zero-order chi connectivity index (χ0) is 15.0. The minimum Gasteiger partial charge on any atom is -0.365 e. The SMILES string of the molecule is NC(=O)c1cc(Cl)nnc1N1CCc2cc(F)ccc2C1. The summed E-state index contributed by atoms with van der Waals surface area (Å²) in [6.07, 6.45) is 0.662. The molecule has 1 aliphatic heterocycles. The van der Waals surface area contributed by atoms with Crippen molar-refractivity contribution in [1.29, 1.82) is 0 Å². The van der Waals surface area contributed by atoms with Crippen LogP contribution in [-0.2, 0) is 13.0 Å². The lowest BCUT2D eigenvalue weighted by molar-refractivity contribution is 0.1000. The van der Waals surface area contributed by atoms with Gasteiger partial charge in [0.25, 0.3) is 5.91 Å². The molecule has 0 saturated heterocycles. The summed E-state index contributed by atoms with van der Waals surface area (Å²) in [5.41, 5.74) is 7.56. The highest BCUT2D eigenvalue weighted by atomic mass is 35.5. The van der Waals surface area contributed by atoms with Crippen molar-refractivity contribution in [3.05, 3.63) is 51.9 Å². The van der Waals surface area contributed by atoms with Crippen LogP contribution in [0.4, 0.5) is 10.2 Å². The standard InChI is InChI=1S/C14H12ClFN4O/c15-12-6-11(13(17)21)14(19-18-12)20-4-3-8-5-10(16)2-1-9(8)7-20/h1-2,5-6H,3-4,7H2,(H2,17,21). The Balaban J connectivity index is 1.96. The van der Waals surface area contributed by atoms with Crippen molar-refractivity contribution in [3.63, 3.8) is 0 Å². The molecule has 0 aliphatic carbocycles. The number of nitrogens with zero attached hydrogens (tertiary/aromatic N) is 3. The van der Waals surface area contributed by atoms with E-state index < -0.39 is 5.91 Å². The molecule has 108 valence electrons. The maximum Gasteiger partial charge on any atom is 0.252 e. The molecule has 1 aliphatic rings. The van der Waals surface area contributed by atoms with Crippen molar-refractivity contribution in [2.24, 2.45) is 5.73 Å². The van der Waals surface area contributed by atoms with E-state index in [0.717, 1.165) is 11.1 Å². The average molecular weight is 307 g/mol. The molecular weight excluding hydrogens is 295 g/mol. The zero-order valence-corrected chi connectivity index (χ0v) is 11.8. The van der Waals surface area contributed by atoms with Gasteiger partial charge in [0.2, 0.25) is 0 Å². The summed E-state index contributed by atoms with van der Waals surface area (Å²) in [6, 6.07) is 6.11. The van der Waals surface area contributed by atoms with Crippen LogP contribution in [0, 0.1) is 5.82 Å². The molecule has 7 heteroatoms. The summed E-state index contributed by atoms with van der Waals surface area (Å²) >= 11 is 5.76. The number of hydrogen-bond donors (Lipinski definition) is 1. The lowest BCUT2D eigenvalue weighted by atomic mass is 9.99. The van der Waals surface area contributed by atoms with E-state index in [0.29, 0.717) is 25.3 Å². The van der Waals surface area contributed by atoms with E-state index in [9.17, 15) is 9.18 Å². The Kier molecular flexibility index (Phi) is 3.47. The second-order valence-electron chi connectivity index (χ2n) is 4.85. The fraction of sp³-hybridized carbons (Fsp3) is 0.214. The number of aromatic nitrogens is 2. The summed E-state index contributed by atoms with van der Waals surface area (Å²) in [6.45, 7) is 1.12. The number of benzene rings is 1. The minimum atomic E-state index is -0.605. The van der Waals surface area contributed by atoms with Crippen molar-refractivity contribution in [1.82, 2.24) is 10.2 Å². The molecule has 0 atom stereocenters. The van der Waals surface area contributed by atoms with Gasteiger partial charge in [-0.2, -0.15) is 0 Å². The molecule has 21 heavy (non-hydrogen) atoms. The highest BCUT2D eigenvalue weighted by Gasteiger charge is 2.22. The van der Waals surface area contributed by atoms with Crippen molar-refractivity contribution in [2.45, 2.75) is 13.0 Å². The Morgan fingerprint density at radius 1 is 1.29 bits per heavy atom. The predicted octanol–water partition coefficient (Wildman–Crippen LogP) is 1.93. The summed E-state index contributed by atoms with van der Waals surface area (Å²) in [7, 11) is 0. The van der Waals surface area contributed by atoms with Crippen LogP contribution < -0.4 is 10.6 Å². The number of fused-ring (bicyclic) bond motifs is 1. The summed E-state index contributed by atoms with van der Waals surface area (Å²) in [5, 5.41) is 7.87. The van der Waals surface area contributed by atoms with Gasteiger partial charge in [0, 0.05) is 13.1 Å². The molecular formula is C14H12ClFN4O. The van der Waals surface area contributed by atoms with Crippen molar-refractivity contribution in [2.75, 3.05) is 11.4 Å². The average Bonchev–Trinajstić information content (AvgIpc) is 2.46. The van der Waals surface area contributed by atoms with Gasteiger partial charge in [0.15, 0.2) is 11.0 Å². The first-order valence-electron chi connectivity index (χ1n) is 6.40. The Morgan fingerprint density at radius 3 is 2.86 bits per heavy atom. The maximum absolute atomic E-state index is 13.2. The van der Waals surface area contributed by atoms with Crippen LogP contribution in [0.5, 0.6) is 0 Å². The number of primary amides is 1. The lowest BCUT2D eigenvalue weighted by Gasteiger charge is -2.30. The maximum atomic E-state index is 13.2. The van der Waals surface area contributed by atoms with Crippen molar-refractivity contribution < 1.29 is 9.18 Å². The second-order valence-corrected chi connectivity index (χ2v) is 5.24. The van der Waals surface area contributed by atoms with Gasteiger partial charge >= 0.3 is 0 Å². The van der Waals surface area contributed by atoms with E-state index in [1.807, 2.05) is 4.90 Å². The van der Waals surface area contributed by atoms with Crippen LogP contribution in [0.2, 0.25) is 5.15 Å². The number of nitrogens with two attached hydrogens (primary N) is 1. The second kappa shape index (κ2) is 5.29. The fourth-order valence-corrected chi connectivity index (χ4v) is 2.63. The molecule has 3 rings (SSSR count). The topological polar surface area (TPSA) is 72.1 Å². The van der Waals surface area contributed by atoms with Gasteiger partial charge in [-0.25, -0.2) is 4.39 Å². The number of anilines is 1. The Morgan fingerprint density at radius 2 is 2.10 bits per heavy atom. The van der Waals surface area contributed by atoms with Crippen molar-refractivity contribution in [3.8, 4) is 0 Å². The molecule has 1 aromatic heterocycles. The molecule has 0 fully saturated rings. The summed E-state index contributed by atoms with van der Waals surface area (Å²) < 4.78 is 13.2. The van der Waals surface area contributed by atoms with Crippen LogP contribution in [0.15, 0.2) is 24.3 Å². The van der Waals surface area contributed by atoms with E-state index in [4.69, 9.17) is 17.3 Å². The fourth-order valence-electron chi connectivity index (χ4n) is 2.48. The molecule has 1 aromatic carbocycles. The normalized spacial score (nSPS) is 13.9.